The van der Waals surface area contributed by atoms with E-state index < -0.39 is 47.4 Å². The fourth-order valence-corrected chi connectivity index (χ4v) is 5.43. The van der Waals surface area contributed by atoms with Gasteiger partial charge in [0, 0.05) is 11.3 Å². The number of aromatic nitrogens is 1. The summed E-state index contributed by atoms with van der Waals surface area (Å²) in [6.07, 6.45) is -0.442. The maximum atomic E-state index is 12.8. The molecule has 3 rings (SSSR count). The molecule has 0 radical (unpaired) electrons. The van der Waals surface area contributed by atoms with Crippen LogP contribution < -0.4 is 11.1 Å². The van der Waals surface area contributed by atoms with Gasteiger partial charge in [-0.1, -0.05) is 28.1 Å². The monoisotopic (exact) mass is 531 g/mol. The van der Waals surface area contributed by atoms with Crippen molar-refractivity contribution in [1.29, 1.82) is 0 Å². The normalized spacial score (nSPS) is 19.8. The molecular formula is C18H18ClN5O8S2. The molecule has 0 saturated carbocycles. The maximum Gasteiger partial charge on any atom is 0.352 e. The molecule has 1 fully saturated rings. The third-order valence-corrected chi connectivity index (χ3v) is 6.98. The van der Waals surface area contributed by atoms with E-state index in [-0.39, 0.29) is 44.5 Å². The number of nitrogens with zero attached hydrogens (tertiary/aromatic N) is 3. The molecule has 2 aliphatic rings. The van der Waals surface area contributed by atoms with Crippen LogP contribution in [0.2, 0.25) is 4.34 Å². The molecule has 34 heavy (non-hydrogen) atoms. The van der Waals surface area contributed by atoms with Gasteiger partial charge in [0.15, 0.2) is 10.8 Å². The molecule has 0 spiro atoms. The smallest absolute Gasteiger partial charge is 0.352 e. The number of halogens is 1. The molecule has 182 valence electrons. The summed E-state index contributed by atoms with van der Waals surface area (Å²) in [6, 6.07) is -1.06. The molecule has 13 nitrogen and oxygen atoms in total. The van der Waals surface area contributed by atoms with Crippen LogP contribution in [0, 0.1) is 0 Å². The molecule has 3 heterocycles. The number of carbonyl (C=O) groups excluding carboxylic acids is 4. The Morgan fingerprint density at radius 2 is 2.09 bits per heavy atom. The van der Waals surface area contributed by atoms with Crippen molar-refractivity contribution >= 4 is 75.1 Å². The van der Waals surface area contributed by atoms with E-state index in [0.29, 0.717) is 0 Å². The lowest BCUT2D eigenvalue weighted by molar-refractivity contribution is -0.150. The van der Waals surface area contributed by atoms with E-state index >= 15 is 0 Å². The van der Waals surface area contributed by atoms with Crippen molar-refractivity contribution in [3.8, 4) is 0 Å². The molecule has 1 saturated heterocycles. The largest absolute Gasteiger partial charge is 0.477 e. The molecule has 16 heteroatoms. The molecule has 2 atom stereocenters. The first-order valence-corrected chi connectivity index (χ1v) is 11.7. The van der Waals surface area contributed by atoms with Crippen molar-refractivity contribution in [1.82, 2.24) is 15.2 Å². The number of nitrogen functional groups attached to an aromatic ring is 1. The summed E-state index contributed by atoms with van der Waals surface area (Å²) >= 11 is 8.14. The zero-order valence-electron chi connectivity index (χ0n) is 17.7. The van der Waals surface area contributed by atoms with E-state index in [0.717, 1.165) is 16.2 Å². The second-order valence-corrected chi connectivity index (χ2v) is 9.69. The Morgan fingerprint density at radius 3 is 2.65 bits per heavy atom. The van der Waals surface area contributed by atoms with Crippen LogP contribution in [-0.4, -0.2) is 81.1 Å². The van der Waals surface area contributed by atoms with Gasteiger partial charge < -0.3 is 25.7 Å². The number of ether oxygens (including phenoxy) is 1. The number of nitrogens with one attached hydrogen (secondary N) is 1. The summed E-state index contributed by atoms with van der Waals surface area (Å²) in [6.45, 7) is 0.834. The predicted molar refractivity (Wildman–Crippen MR) is 121 cm³/mol. The average Bonchev–Trinajstić information content (AvgIpc) is 3.10. The third kappa shape index (κ3) is 5.15. The Morgan fingerprint density at radius 1 is 1.38 bits per heavy atom. The van der Waals surface area contributed by atoms with Crippen LogP contribution in [0.25, 0.3) is 0 Å². The molecule has 2 aliphatic heterocycles. The van der Waals surface area contributed by atoms with Crippen LogP contribution in [0.3, 0.4) is 0 Å². The zero-order valence-corrected chi connectivity index (χ0v) is 20.1. The number of ketones is 1. The zero-order chi connectivity index (χ0) is 25.2. The number of aliphatic carboxylic acids is 1. The number of thiazole rings is 1. The van der Waals surface area contributed by atoms with Gasteiger partial charge in [0.2, 0.25) is 0 Å². The van der Waals surface area contributed by atoms with Gasteiger partial charge in [-0.25, -0.2) is 9.78 Å². The minimum atomic E-state index is -1.40. The number of anilines is 1. The first-order chi connectivity index (χ1) is 16.0. The highest BCUT2D eigenvalue weighted by atomic mass is 35.5. The molecule has 1 aromatic rings. The topological polar surface area (TPSA) is 191 Å². The number of thioether (sulfide) groups is 1. The second kappa shape index (κ2) is 10.4. The maximum absolute atomic E-state index is 12.8. The number of esters is 1. The lowest BCUT2D eigenvalue weighted by Gasteiger charge is -2.49. The van der Waals surface area contributed by atoms with Gasteiger partial charge >= 0.3 is 11.9 Å². The first-order valence-electron chi connectivity index (χ1n) is 9.44. The van der Waals surface area contributed by atoms with Crippen LogP contribution in [0.4, 0.5) is 5.13 Å². The minimum Gasteiger partial charge on any atom is -0.477 e. The number of carbonyl (C=O) groups is 5. The van der Waals surface area contributed by atoms with E-state index in [1.54, 1.807) is 0 Å². The number of carboxylic acid groups (broad SMARTS) is 1. The second-order valence-electron chi connectivity index (χ2n) is 6.95. The van der Waals surface area contributed by atoms with E-state index in [9.17, 15) is 29.1 Å². The van der Waals surface area contributed by atoms with Gasteiger partial charge in [0.1, 0.15) is 53.1 Å². The molecule has 1 aromatic heterocycles. The number of hydrogen-bond donors (Lipinski definition) is 3. The lowest BCUT2D eigenvalue weighted by Crippen LogP contribution is -2.71. The Hall–Kier alpha value is -3.17. The Kier molecular flexibility index (Phi) is 7.78. The predicted octanol–water partition coefficient (Wildman–Crippen LogP) is -0.00990. The number of hydrogen-bond acceptors (Lipinski definition) is 12. The highest BCUT2D eigenvalue weighted by Crippen LogP contribution is 2.40. The van der Waals surface area contributed by atoms with Gasteiger partial charge in [0.05, 0.1) is 0 Å². The van der Waals surface area contributed by atoms with Gasteiger partial charge in [-0.2, -0.15) is 0 Å². The molecule has 0 aliphatic carbocycles. The van der Waals surface area contributed by atoms with Crippen LogP contribution in [0.5, 0.6) is 0 Å². The average molecular weight is 532 g/mol. The van der Waals surface area contributed by atoms with Crippen LogP contribution in [-0.2, 0) is 33.5 Å². The quantitative estimate of drug-likeness (QED) is 0.128. The third-order valence-electron chi connectivity index (χ3n) is 4.56. The highest BCUT2D eigenvalue weighted by molar-refractivity contribution is 8.00. The first kappa shape index (κ1) is 25.5. The van der Waals surface area contributed by atoms with Crippen molar-refractivity contribution in [3.05, 3.63) is 21.3 Å². The Balaban J connectivity index is 1.75. The molecular weight excluding hydrogens is 514 g/mol. The van der Waals surface area contributed by atoms with Crippen molar-refractivity contribution in [2.75, 3.05) is 25.2 Å². The number of carboxylic acids is 1. The summed E-state index contributed by atoms with van der Waals surface area (Å²) in [4.78, 5) is 69.7. The van der Waals surface area contributed by atoms with Gasteiger partial charge in [-0.15, -0.1) is 11.8 Å². The molecule has 0 unspecified atom stereocenters. The van der Waals surface area contributed by atoms with Gasteiger partial charge in [-0.05, 0) is 6.92 Å². The Labute approximate surface area is 205 Å². The van der Waals surface area contributed by atoms with Crippen molar-refractivity contribution in [2.45, 2.75) is 24.8 Å². The number of fused-ring (bicyclic) bond motifs is 1. The number of rotatable bonds is 9. The SMILES string of the molecule is CO/N=C(\C(=O)N[C@@H]1C(=O)N2C(C(=O)O)=C(COC(=O)CC(C)=O)CS[C@H]12)c1nc(N)sc1Cl. The number of amides is 2. The van der Waals surface area contributed by atoms with Gasteiger partial charge in [-0.3, -0.25) is 24.1 Å². The van der Waals surface area contributed by atoms with Crippen LogP contribution in [0.15, 0.2) is 16.4 Å². The molecule has 0 aromatic carbocycles. The summed E-state index contributed by atoms with van der Waals surface area (Å²) in [5.41, 5.74) is 5.13. The fraction of sp³-hybridized carbons (Fsp3) is 0.389. The van der Waals surface area contributed by atoms with E-state index in [1.807, 2.05) is 0 Å². The lowest BCUT2D eigenvalue weighted by atomic mass is 10.0. The summed E-state index contributed by atoms with van der Waals surface area (Å²) < 4.78 is 5.06. The van der Waals surface area contributed by atoms with E-state index in [2.05, 4.69) is 20.3 Å². The summed E-state index contributed by atoms with van der Waals surface area (Å²) in [5, 5.41) is 15.2. The number of nitrogens with two attached hydrogens (primary N) is 1. The van der Waals surface area contributed by atoms with Crippen LogP contribution >= 0.6 is 34.7 Å². The number of β-lactam (4-membered cyclic amide) rings is 1. The van der Waals surface area contributed by atoms with E-state index in [4.69, 9.17) is 22.1 Å². The van der Waals surface area contributed by atoms with Gasteiger partial charge in [0.25, 0.3) is 11.8 Å². The van der Waals surface area contributed by atoms with Crippen molar-refractivity contribution in [3.63, 3.8) is 0 Å². The molecule has 0 bridgehead atoms. The van der Waals surface area contributed by atoms with Crippen molar-refractivity contribution in [2.24, 2.45) is 5.16 Å². The Bertz CT molecular complexity index is 1130. The standard InChI is InChI=1S/C18H18ClN5O8S2/c1-6(25)3-8(26)32-4-7-5-33-16-11(15(28)24(16)12(7)17(29)30)21-14(27)10(23-31-2)9-13(19)34-18(20)22-9/h11,16H,3-5H2,1-2H3,(H2,20,22)(H,21,27)(H,29,30)/b23-10-/t11-,16-/m1/s1. The number of oxime groups is 1. The van der Waals surface area contributed by atoms with Crippen molar-refractivity contribution < 1.29 is 38.7 Å². The molecule has 2 amide bonds. The summed E-state index contributed by atoms with van der Waals surface area (Å²) in [7, 11) is 1.21. The number of Topliss-reactive ketones (excluding diaryl/α,β-unsaturated/α-hetero) is 1. The van der Waals surface area contributed by atoms with E-state index in [1.165, 1.54) is 25.8 Å². The summed E-state index contributed by atoms with van der Waals surface area (Å²) in [5.74, 6) is -3.99. The molecule has 4 N–H and O–H groups in total. The fourth-order valence-electron chi connectivity index (χ4n) is 3.17. The van der Waals surface area contributed by atoms with Crippen LogP contribution in [0.1, 0.15) is 19.0 Å². The minimum absolute atomic E-state index is 0.0239. The highest BCUT2D eigenvalue weighted by Gasteiger charge is 2.54.